The van der Waals surface area contributed by atoms with Gasteiger partial charge in [0.2, 0.25) is 0 Å². The van der Waals surface area contributed by atoms with Crippen LogP contribution in [0.25, 0.3) is 0 Å². The maximum absolute atomic E-state index is 5.59. The molecule has 1 atom stereocenters. The molecule has 1 aliphatic rings. The summed E-state index contributed by atoms with van der Waals surface area (Å²) in [5.74, 6) is 0. The summed E-state index contributed by atoms with van der Waals surface area (Å²) in [7, 11) is 0. The molecule has 1 aromatic rings. The second kappa shape index (κ2) is 6.88. The number of benzene rings is 1. The minimum Gasteiger partial charge on any atom is -0.329 e. The van der Waals surface area contributed by atoms with Gasteiger partial charge in [-0.25, -0.2) is 0 Å². The molecule has 100 valence electrons. The van der Waals surface area contributed by atoms with Crippen molar-refractivity contribution in [1.29, 1.82) is 0 Å². The molecule has 1 aliphatic heterocycles. The van der Waals surface area contributed by atoms with Crippen LogP contribution in [0.1, 0.15) is 31.4 Å². The Morgan fingerprint density at radius 1 is 1.28 bits per heavy atom. The van der Waals surface area contributed by atoms with Crippen LogP contribution in [0, 0.1) is 0 Å². The number of nitrogens with zero attached hydrogens (tertiary/aromatic N) is 1. The van der Waals surface area contributed by atoms with Gasteiger partial charge in [-0.1, -0.05) is 30.3 Å². The molecule has 1 aromatic carbocycles. The summed E-state index contributed by atoms with van der Waals surface area (Å²) in [6.45, 7) is 6.42. The fraction of sp³-hybridized carbons (Fsp3) is 0.600. The van der Waals surface area contributed by atoms with E-state index in [0.717, 1.165) is 13.1 Å². The predicted octanol–water partition coefficient (Wildman–Crippen LogP) is 1.76. The molecule has 18 heavy (non-hydrogen) atoms. The quantitative estimate of drug-likeness (QED) is 0.833. The Kier molecular flexibility index (Phi) is 5.17. The minimum atomic E-state index is 0.442. The molecule has 0 saturated carbocycles. The molecule has 3 N–H and O–H groups in total. The Bertz CT molecular complexity index is 331. The first-order valence-corrected chi connectivity index (χ1v) is 7.03. The summed E-state index contributed by atoms with van der Waals surface area (Å²) in [4.78, 5) is 2.46. The van der Waals surface area contributed by atoms with E-state index in [1.54, 1.807) is 0 Å². The van der Waals surface area contributed by atoms with Gasteiger partial charge in [0.05, 0.1) is 0 Å². The van der Waals surface area contributed by atoms with Gasteiger partial charge in [0, 0.05) is 25.2 Å². The molecule has 1 saturated heterocycles. The summed E-state index contributed by atoms with van der Waals surface area (Å²) in [6, 6.07) is 11.8. The lowest BCUT2D eigenvalue weighted by atomic mass is 10.0. The fourth-order valence-corrected chi connectivity index (χ4v) is 2.70. The number of nitrogens with one attached hydrogen (secondary N) is 1. The Morgan fingerprint density at radius 3 is 2.56 bits per heavy atom. The lowest BCUT2D eigenvalue weighted by Gasteiger charge is -2.33. The van der Waals surface area contributed by atoms with Crippen LogP contribution in [0.4, 0.5) is 0 Å². The van der Waals surface area contributed by atoms with Crippen molar-refractivity contribution >= 4 is 0 Å². The van der Waals surface area contributed by atoms with Crippen LogP contribution in [0.5, 0.6) is 0 Å². The normalized spacial score (nSPS) is 19.9. The van der Waals surface area contributed by atoms with Crippen LogP contribution in [0.15, 0.2) is 30.3 Å². The van der Waals surface area contributed by atoms with Crippen LogP contribution >= 0.6 is 0 Å². The summed E-state index contributed by atoms with van der Waals surface area (Å²) >= 11 is 0. The molecular weight excluding hydrogens is 222 g/mol. The van der Waals surface area contributed by atoms with Gasteiger partial charge in [0.1, 0.15) is 0 Å². The third kappa shape index (κ3) is 3.80. The van der Waals surface area contributed by atoms with Crippen LogP contribution < -0.4 is 11.1 Å². The largest absolute Gasteiger partial charge is 0.329 e. The third-order valence-electron chi connectivity index (χ3n) is 3.82. The zero-order valence-corrected chi connectivity index (χ0v) is 11.3. The molecule has 2 rings (SSSR count). The summed E-state index contributed by atoms with van der Waals surface area (Å²) in [5.41, 5.74) is 6.97. The van der Waals surface area contributed by atoms with Crippen molar-refractivity contribution in [3.8, 4) is 0 Å². The predicted molar refractivity (Wildman–Crippen MR) is 76.5 cm³/mol. The van der Waals surface area contributed by atoms with Crippen LogP contribution in [-0.2, 0) is 0 Å². The smallest absolute Gasteiger partial charge is 0.0294 e. The van der Waals surface area contributed by atoms with Crippen molar-refractivity contribution in [2.75, 3.05) is 26.2 Å². The molecule has 3 nitrogen and oxygen atoms in total. The molecule has 0 bridgehead atoms. The minimum absolute atomic E-state index is 0.442. The number of hydrogen-bond acceptors (Lipinski definition) is 3. The van der Waals surface area contributed by atoms with Gasteiger partial charge < -0.3 is 16.0 Å². The van der Waals surface area contributed by atoms with Crippen molar-refractivity contribution in [3.05, 3.63) is 35.9 Å². The summed E-state index contributed by atoms with van der Waals surface area (Å²) < 4.78 is 0. The molecule has 1 unspecified atom stereocenters. The van der Waals surface area contributed by atoms with E-state index in [1.807, 2.05) is 0 Å². The average Bonchev–Trinajstić information content (AvgIpc) is 2.42. The van der Waals surface area contributed by atoms with Gasteiger partial charge in [-0.15, -0.1) is 0 Å². The van der Waals surface area contributed by atoms with E-state index in [0.29, 0.717) is 12.1 Å². The van der Waals surface area contributed by atoms with Crippen LogP contribution in [0.2, 0.25) is 0 Å². The highest BCUT2D eigenvalue weighted by molar-refractivity contribution is 5.18. The maximum Gasteiger partial charge on any atom is 0.0294 e. The van der Waals surface area contributed by atoms with E-state index < -0.39 is 0 Å². The number of piperidine rings is 1. The molecule has 0 spiro atoms. The SMILES string of the molecule is CC(NC1CCN(CCN)CC1)c1ccccc1. The Balaban J connectivity index is 1.78. The molecule has 3 heteroatoms. The second-order valence-corrected chi connectivity index (χ2v) is 5.20. The van der Waals surface area contributed by atoms with Crippen LogP contribution in [0.3, 0.4) is 0 Å². The standard InChI is InChI=1S/C15H25N3/c1-13(14-5-3-2-4-6-14)17-15-7-10-18(11-8-15)12-9-16/h2-6,13,15,17H,7-12,16H2,1H3. The van der Waals surface area contributed by atoms with Crippen molar-refractivity contribution in [1.82, 2.24) is 10.2 Å². The topological polar surface area (TPSA) is 41.3 Å². The molecule has 0 radical (unpaired) electrons. The molecule has 0 aromatic heterocycles. The third-order valence-corrected chi connectivity index (χ3v) is 3.82. The fourth-order valence-electron chi connectivity index (χ4n) is 2.70. The van der Waals surface area contributed by atoms with Gasteiger partial charge in [-0.05, 0) is 38.4 Å². The molecule has 1 heterocycles. The first-order valence-electron chi connectivity index (χ1n) is 7.03. The van der Waals surface area contributed by atoms with Crippen molar-refractivity contribution in [2.24, 2.45) is 5.73 Å². The Morgan fingerprint density at radius 2 is 1.94 bits per heavy atom. The zero-order valence-electron chi connectivity index (χ0n) is 11.3. The monoisotopic (exact) mass is 247 g/mol. The van der Waals surface area contributed by atoms with E-state index in [4.69, 9.17) is 5.73 Å². The highest BCUT2D eigenvalue weighted by Crippen LogP contribution is 2.16. The Labute approximate surface area is 110 Å². The zero-order chi connectivity index (χ0) is 12.8. The first kappa shape index (κ1) is 13.5. The van der Waals surface area contributed by atoms with E-state index in [9.17, 15) is 0 Å². The molecule has 0 aliphatic carbocycles. The highest BCUT2D eigenvalue weighted by atomic mass is 15.1. The first-order chi connectivity index (χ1) is 8.79. The van der Waals surface area contributed by atoms with E-state index in [-0.39, 0.29) is 0 Å². The molecule has 0 amide bonds. The lowest BCUT2D eigenvalue weighted by Crippen LogP contribution is -2.44. The molecule has 1 fully saturated rings. The van der Waals surface area contributed by atoms with E-state index in [1.165, 1.54) is 31.5 Å². The maximum atomic E-state index is 5.59. The second-order valence-electron chi connectivity index (χ2n) is 5.20. The number of nitrogens with two attached hydrogens (primary N) is 1. The van der Waals surface area contributed by atoms with E-state index in [2.05, 4.69) is 47.5 Å². The number of rotatable bonds is 5. The number of hydrogen-bond donors (Lipinski definition) is 2. The van der Waals surface area contributed by atoms with Crippen molar-refractivity contribution < 1.29 is 0 Å². The average molecular weight is 247 g/mol. The Hall–Kier alpha value is -0.900. The van der Waals surface area contributed by atoms with Crippen molar-refractivity contribution in [2.45, 2.75) is 31.8 Å². The highest BCUT2D eigenvalue weighted by Gasteiger charge is 2.20. The van der Waals surface area contributed by atoms with Gasteiger partial charge in [0.25, 0.3) is 0 Å². The molecular formula is C15H25N3. The number of likely N-dealkylation sites (tertiary alicyclic amines) is 1. The lowest BCUT2D eigenvalue weighted by molar-refractivity contribution is 0.196. The van der Waals surface area contributed by atoms with E-state index >= 15 is 0 Å². The van der Waals surface area contributed by atoms with Gasteiger partial charge in [-0.3, -0.25) is 0 Å². The summed E-state index contributed by atoms with van der Waals surface area (Å²) in [6.07, 6.45) is 2.47. The van der Waals surface area contributed by atoms with Crippen molar-refractivity contribution in [3.63, 3.8) is 0 Å². The van der Waals surface area contributed by atoms with Gasteiger partial charge in [-0.2, -0.15) is 0 Å². The summed E-state index contributed by atoms with van der Waals surface area (Å²) in [5, 5.41) is 3.74. The van der Waals surface area contributed by atoms with Gasteiger partial charge in [0.15, 0.2) is 0 Å². The van der Waals surface area contributed by atoms with Crippen LogP contribution in [-0.4, -0.2) is 37.1 Å². The van der Waals surface area contributed by atoms with Gasteiger partial charge >= 0.3 is 0 Å².